The van der Waals surface area contributed by atoms with Crippen LogP contribution in [0, 0.1) is 35.5 Å². The van der Waals surface area contributed by atoms with Gasteiger partial charge >= 0.3 is 0 Å². The molecule has 0 heteroatoms. The predicted octanol–water partition coefficient (Wildman–Crippen LogP) is 16.8. The van der Waals surface area contributed by atoms with Crippen molar-refractivity contribution in [3.8, 4) is 0 Å². The summed E-state index contributed by atoms with van der Waals surface area (Å²) in [5.74, 6) is 6.23. The minimum absolute atomic E-state index is 0.982. The zero-order chi connectivity index (χ0) is 32.9. The minimum atomic E-state index is 0.982. The zero-order valence-electron chi connectivity index (χ0n) is 32.9. The number of hydrogen-bond acceptors (Lipinski definition) is 0. The molecule has 6 atom stereocenters. The molecule has 6 unspecified atom stereocenters. The quantitative estimate of drug-likeness (QED) is 0.0640. The van der Waals surface area contributed by atoms with Crippen molar-refractivity contribution in [2.24, 2.45) is 35.5 Å². The predicted molar refractivity (Wildman–Crippen MR) is 210 cm³/mol. The van der Waals surface area contributed by atoms with Gasteiger partial charge in [-0.3, -0.25) is 0 Å². The summed E-state index contributed by atoms with van der Waals surface area (Å²) in [5.41, 5.74) is 0. The van der Waals surface area contributed by atoms with E-state index in [2.05, 4.69) is 27.7 Å². The topological polar surface area (TPSA) is 0 Å². The second-order valence-corrected chi connectivity index (χ2v) is 17.4. The molecule has 0 radical (unpaired) electrons. The first-order valence-corrected chi connectivity index (χ1v) is 22.7. The molecule has 46 heavy (non-hydrogen) atoms. The lowest BCUT2D eigenvalue weighted by molar-refractivity contribution is 0.0595. The SMILES string of the molecule is CCCCCCCCCCCCCCCCC(C)C1CCC2CC(C(C)CCCCCCCCCCCCCCCC)CCC2C1. The van der Waals surface area contributed by atoms with E-state index in [0.717, 1.165) is 35.5 Å². The molecule has 274 valence electrons. The molecule has 0 aromatic heterocycles. The zero-order valence-corrected chi connectivity index (χ0v) is 32.9. The Morgan fingerprint density at radius 3 is 0.826 bits per heavy atom. The molecule has 0 saturated heterocycles. The summed E-state index contributed by atoms with van der Waals surface area (Å²) in [6, 6.07) is 0. The monoisotopic (exact) mass is 643 g/mol. The molecule has 2 rings (SSSR count). The summed E-state index contributed by atoms with van der Waals surface area (Å²) in [5, 5.41) is 0. The summed E-state index contributed by atoms with van der Waals surface area (Å²) in [6.07, 6.45) is 53.9. The van der Waals surface area contributed by atoms with Gasteiger partial charge in [0.05, 0.1) is 0 Å². The third-order valence-corrected chi connectivity index (χ3v) is 13.3. The molecule has 0 heterocycles. The maximum atomic E-state index is 2.62. The highest BCUT2D eigenvalue weighted by Gasteiger charge is 2.38. The fourth-order valence-corrected chi connectivity index (χ4v) is 9.79. The summed E-state index contributed by atoms with van der Waals surface area (Å²) in [4.78, 5) is 0. The van der Waals surface area contributed by atoms with Gasteiger partial charge in [-0.25, -0.2) is 0 Å². The van der Waals surface area contributed by atoms with Gasteiger partial charge in [0.25, 0.3) is 0 Å². The van der Waals surface area contributed by atoms with Gasteiger partial charge in [-0.1, -0.05) is 220 Å². The molecular weight excluding hydrogens is 553 g/mol. The van der Waals surface area contributed by atoms with Gasteiger partial charge in [0.1, 0.15) is 0 Å². The fraction of sp³-hybridized carbons (Fsp3) is 1.00. The number of fused-ring (bicyclic) bond motifs is 1. The van der Waals surface area contributed by atoms with Crippen LogP contribution in [0.3, 0.4) is 0 Å². The minimum Gasteiger partial charge on any atom is -0.0654 e. The normalized spacial score (nSPS) is 23.0. The maximum Gasteiger partial charge on any atom is -0.0383 e. The van der Waals surface area contributed by atoms with Crippen molar-refractivity contribution < 1.29 is 0 Å². The molecular formula is C46H90. The van der Waals surface area contributed by atoms with Gasteiger partial charge in [-0.15, -0.1) is 0 Å². The molecule has 2 aliphatic carbocycles. The number of hydrogen-bond donors (Lipinski definition) is 0. The molecule has 2 aliphatic rings. The Morgan fingerprint density at radius 1 is 0.326 bits per heavy atom. The van der Waals surface area contributed by atoms with Gasteiger partial charge in [-0.05, 0) is 74.0 Å². The average molecular weight is 643 g/mol. The summed E-state index contributed by atoms with van der Waals surface area (Å²) in [6.45, 7) is 9.88. The van der Waals surface area contributed by atoms with Crippen molar-refractivity contribution in [2.45, 2.75) is 259 Å². The summed E-state index contributed by atoms with van der Waals surface area (Å²) < 4.78 is 0. The molecule has 0 spiro atoms. The Labute approximate surface area is 293 Å². The Bertz CT molecular complexity index is 568. The van der Waals surface area contributed by atoms with Gasteiger partial charge < -0.3 is 0 Å². The Morgan fingerprint density at radius 2 is 0.565 bits per heavy atom. The standard InChI is InChI=1S/C46H90/c1-5-7-9-11-13-15-17-19-21-23-25-27-29-31-33-41(3)43-35-37-46-40-44(36-38-45(46)39-43)42(4)34-32-30-28-26-24-22-20-18-16-14-12-10-8-6-2/h41-46H,5-40H2,1-4H3. The molecule has 2 fully saturated rings. The van der Waals surface area contributed by atoms with Crippen molar-refractivity contribution >= 4 is 0 Å². The average Bonchev–Trinajstić information content (AvgIpc) is 3.07. The molecule has 0 aromatic rings. The van der Waals surface area contributed by atoms with E-state index in [1.807, 2.05) is 0 Å². The second-order valence-electron chi connectivity index (χ2n) is 17.4. The van der Waals surface area contributed by atoms with Crippen LogP contribution >= 0.6 is 0 Å². The first-order valence-electron chi connectivity index (χ1n) is 22.7. The van der Waals surface area contributed by atoms with Crippen LogP contribution in [0.5, 0.6) is 0 Å². The first kappa shape index (κ1) is 42.2. The van der Waals surface area contributed by atoms with Crippen LogP contribution in [-0.4, -0.2) is 0 Å². The van der Waals surface area contributed by atoms with Gasteiger partial charge in [0.15, 0.2) is 0 Å². The lowest BCUT2D eigenvalue weighted by Crippen LogP contribution is -2.34. The molecule has 0 aromatic carbocycles. The van der Waals surface area contributed by atoms with Crippen LogP contribution in [0.4, 0.5) is 0 Å². The fourth-order valence-electron chi connectivity index (χ4n) is 9.79. The Kier molecular flexibility index (Phi) is 27.4. The van der Waals surface area contributed by atoms with E-state index in [1.165, 1.54) is 193 Å². The Balaban J connectivity index is 1.39. The largest absolute Gasteiger partial charge is 0.0654 e. The highest BCUT2D eigenvalue weighted by Crippen LogP contribution is 2.49. The molecule has 0 aliphatic heterocycles. The van der Waals surface area contributed by atoms with E-state index in [0.29, 0.717) is 0 Å². The molecule has 0 nitrogen and oxygen atoms in total. The third kappa shape index (κ3) is 21.2. The summed E-state index contributed by atoms with van der Waals surface area (Å²) in [7, 11) is 0. The second kappa shape index (κ2) is 29.9. The molecule has 0 N–H and O–H groups in total. The van der Waals surface area contributed by atoms with Crippen LogP contribution in [0.1, 0.15) is 259 Å². The highest BCUT2D eigenvalue weighted by atomic mass is 14.4. The van der Waals surface area contributed by atoms with Crippen LogP contribution in [0.2, 0.25) is 0 Å². The van der Waals surface area contributed by atoms with E-state index < -0.39 is 0 Å². The van der Waals surface area contributed by atoms with Crippen molar-refractivity contribution in [1.29, 1.82) is 0 Å². The van der Waals surface area contributed by atoms with Crippen molar-refractivity contribution in [2.75, 3.05) is 0 Å². The number of rotatable bonds is 32. The van der Waals surface area contributed by atoms with Gasteiger partial charge in [-0.2, -0.15) is 0 Å². The molecule has 0 bridgehead atoms. The van der Waals surface area contributed by atoms with Gasteiger partial charge in [0, 0.05) is 0 Å². The van der Waals surface area contributed by atoms with Crippen LogP contribution in [0.25, 0.3) is 0 Å². The van der Waals surface area contributed by atoms with Crippen molar-refractivity contribution in [3.05, 3.63) is 0 Å². The smallest absolute Gasteiger partial charge is 0.0383 e. The maximum absolute atomic E-state index is 2.62. The number of unbranched alkanes of at least 4 members (excludes halogenated alkanes) is 26. The Hall–Kier alpha value is 0. The summed E-state index contributed by atoms with van der Waals surface area (Å²) >= 11 is 0. The highest BCUT2D eigenvalue weighted by molar-refractivity contribution is 4.88. The van der Waals surface area contributed by atoms with E-state index in [9.17, 15) is 0 Å². The molecule has 2 saturated carbocycles. The van der Waals surface area contributed by atoms with E-state index in [4.69, 9.17) is 0 Å². The van der Waals surface area contributed by atoms with Crippen molar-refractivity contribution in [1.82, 2.24) is 0 Å². The lowest BCUT2D eigenvalue weighted by atomic mass is 9.61. The van der Waals surface area contributed by atoms with E-state index in [-0.39, 0.29) is 0 Å². The van der Waals surface area contributed by atoms with Crippen LogP contribution in [-0.2, 0) is 0 Å². The van der Waals surface area contributed by atoms with Gasteiger partial charge in [0.2, 0.25) is 0 Å². The van der Waals surface area contributed by atoms with Crippen LogP contribution in [0.15, 0.2) is 0 Å². The first-order chi connectivity index (χ1) is 22.7. The van der Waals surface area contributed by atoms with E-state index in [1.54, 1.807) is 38.5 Å². The van der Waals surface area contributed by atoms with Crippen LogP contribution < -0.4 is 0 Å². The lowest BCUT2D eigenvalue weighted by Gasteiger charge is -2.45. The van der Waals surface area contributed by atoms with E-state index >= 15 is 0 Å². The molecule has 0 amide bonds. The van der Waals surface area contributed by atoms with Crippen molar-refractivity contribution in [3.63, 3.8) is 0 Å². The third-order valence-electron chi connectivity index (χ3n) is 13.3.